The van der Waals surface area contributed by atoms with E-state index in [-0.39, 0.29) is 0 Å². The number of benzene rings is 2. The summed E-state index contributed by atoms with van der Waals surface area (Å²) in [5, 5.41) is 7.07. The summed E-state index contributed by atoms with van der Waals surface area (Å²) in [5.41, 5.74) is 0.866. The molecule has 7 heteroatoms. The standard InChI is InChI=1S/C19H19ClN4O2/c1-25-16-5-7-17(8-6-16)26-10-9-21-18-12-19(23-13-22-18)24-15-4-2-3-14(20)11-15/h2-8,11-13H,9-10H2,1H3,(H2,21,22,23,24). The Kier molecular flexibility index (Phi) is 6.11. The van der Waals surface area contributed by atoms with E-state index in [1.165, 1.54) is 6.33 Å². The molecule has 0 aliphatic rings. The largest absolute Gasteiger partial charge is 0.497 e. The summed E-state index contributed by atoms with van der Waals surface area (Å²) in [6, 6.07) is 16.7. The van der Waals surface area contributed by atoms with Crippen LogP contribution in [0.4, 0.5) is 17.3 Å². The van der Waals surface area contributed by atoms with Crippen molar-refractivity contribution in [2.24, 2.45) is 0 Å². The Bertz CT molecular complexity index is 843. The van der Waals surface area contributed by atoms with E-state index >= 15 is 0 Å². The highest BCUT2D eigenvalue weighted by Crippen LogP contribution is 2.20. The zero-order valence-electron chi connectivity index (χ0n) is 14.3. The van der Waals surface area contributed by atoms with Gasteiger partial charge >= 0.3 is 0 Å². The topological polar surface area (TPSA) is 68.3 Å². The summed E-state index contributed by atoms with van der Waals surface area (Å²) in [5.74, 6) is 2.98. The number of hydrogen-bond acceptors (Lipinski definition) is 6. The summed E-state index contributed by atoms with van der Waals surface area (Å²) < 4.78 is 10.8. The molecular formula is C19H19ClN4O2. The van der Waals surface area contributed by atoms with E-state index in [4.69, 9.17) is 21.1 Å². The number of hydrogen-bond donors (Lipinski definition) is 2. The van der Waals surface area contributed by atoms with Crippen molar-refractivity contribution in [2.45, 2.75) is 0 Å². The van der Waals surface area contributed by atoms with Crippen LogP contribution in [-0.2, 0) is 0 Å². The van der Waals surface area contributed by atoms with Crippen molar-refractivity contribution in [1.82, 2.24) is 9.97 Å². The highest BCUT2D eigenvalue weighted by atomic mass is 35.5. The molecule has 2 aromatic carbocycles. The summed E-state index contributed by atoms with van der Waals surface area (Å²) in [6.45, 7) is 1.12. The Morgan fingerprint density at radius 1 is 0.962 bits per heavy atom. The average molecular weight is 371 g/mol. The van der Waals surface area contributed by atoms with E-state index in [9.17, 15) is 0 Å². The van der Waals surface area contributed by atoms with Gasteiger partial charge in [-0.2, -0.15) is 0 Å². The summed E-state index contributed by atoms with van der Waals surface area (Å²) >= 11 is 5.99. The Morgan fingerprint density at radius 2 is 1.73 bits per heavy atom. The number of rotatable bonds is 8. The van der Waals surface area contributed by atoms with Crippen LogP contribution in [-0.4, -0.2) is 30.2 Å². The van der Waals surface area contributed by atoms with Crippen LogP contribution in [0.15, 0.2) is 60.9 Å². The van der Waals surface area contributed by atoms with Crippen LogP contribution >= 0.6 is 11.6 Å². The third-order valence-corrected chi connectivity index (χ3v) is 3.74. The Labute approximate surface area is 157 Å². The lowest BCUT2D eigenvalue weighted by Crippen LogP contribution is -2.12. The molecule has 0 aliphatic heterocycles. The third-order valence-electron chi connectivity index (χ3n) is 3.50. The quantitative estimate of drug-likeness (QED) is 0.574. The number of nitrogens with zero attached hydrogens (tertiary/aromatic N) is 2. The van der Waals surface area contributed by atoms with Gasteiger partial charge in [0, 0.05) is 16.8 Å². The zero-order chi connectivity index (χ0) is 18.2. The van der Waals surface area contributed by atoms with Gasteiger partial charge in [0.2, 0.25) is 0 Å². The smallest absolute Gasteiger partial charge is 0.135 e. The van der Waals surface area contributed by atoms with Crippen LogP contribution in [0.5, 0.6) is 11.5 Å². The van der Waals surface area contributed by atoms with Crippen molar-refractivity contribution in [3.63, 3.8) is 0 Å². The molecule has 1 heterocycles. The molecule has 0 bridgehead atoms. The Hall–Kier alpha value is -2.99. The van der Waals surface area contributed by atoms with Gasteiger partial charge in [0.1, 0.15) is 36.1 Å². The minimum Gasteiger partial charge on any atom is -0.497 e. The van der Waals surface area contributed by atoms with Crippen molar-refractivity contribution in [1.29, 1.82) is 0 Å². The van der Waals surface area contributed by atoms with Crippen LogP contribution in [0.25, 0.3) is 0 Å². The van der Waals surface area contributed by atoms with Gasteiger partial charge in [-0.3, -0.25) is 0 Å². The van der Waals surface area contributed by atoms with Gasteiger partial charge in [0.15, 0.2) is 0 Å². The fourth-order valence-electron chi connectivity index (χ4n) is 2.26. The van der Waals surface area contributed by atoms with Gasteiger partial charge in [0.25, 0.3) is 0 Å². The van der Waals surface area contributed by atoms with E-state index in [0.29, 0.717) is 29.8 Å². The molecule has 6 nitrogen and oxygen atoms in total. The number of anilines is 3. The molecule has 0 saturated carbocycles. The second-order valence-electron chi connectivity index (χ2n) is 5.37. The molecule has 0 unspecified atom stereocenters. The highest BCUT2D eigenvalue weighted by Gasteiger charge is 2.01. The van der Waals surface area contributed by atoms with Crippen LogP contribution in [0.1, 0.15) is 0 Å². The lowest BCUT2D eigenvalue weighted by atomic mass is 10.3. The number of nitrogens with one attached hydrogen (secondary N) is 2. The van der Waals surface area contributed by atoms with E-state index in [1.807, 2.05) is 54.6 Å². The maximum Gasteiger partial charge on any atom is 0.135 e. The molecule has 0 spiro atoms. The number of ether oxygens (including phenoxy) is 2. The Morgan fingerprint density at radius 3 is 2.50 bits per heavy atom. The summed E-state index contributed by atoms with van der Waals surface area (Å²) in [4.78, 5) is 8.41. The molecule has 26 heavy (non-hydrogen) atoms. The van der Waals surface area contributed by atoms with Crippen LogP contribution < -0.4 is 20.1 Å². The monoisotopic (exact) mass is 370 g/mol. The van der Waals surface area contributed by atoms with Gasteiger partial charge in [-0.1, -0.05) is 17.7 Å². The average Bonchev–Trinajstić information content (AvgIpc) is 2.66. The highest BCUT2D eigenvalue weighted by molar-refractivity contribution is 6.30. The number of methoxy groups -OCH3 is 1. The van der Waals surface area contributed by atoms with Crippen LogP contribution in [0.3, 0.4) is 0 Å². The molecule has 0 radical (unpaired) electrons. The summed E-state index contributed by atoms with van der Waals surface area (Å²) in [7, 11) is 1.64. The maximum absolute atomic E-state index is 5.99. The fraction of sp³-hybridized carbons (Fsp3) is 0.158. The first kappa shape index (κ1) is 17.8. The fourth-order valence-corrected chi connectivity index (χ4v) is 2.45. The van der Waals surface area contributed by atoms with E-state index in [1.54, 1.807) is 7.11 Å². The molecule has 0 aliphatic carbocycles. The first-order valence-electron chi connectivity index (χ1n) is 8.08. The van der Waals surface area contributed by atoms with Crippen molar-refractivity contribution < 1.29 is 9.47 Å². The second-order valence-corrected chi connectivity index (χ2v) is 5.81. The zero-order valence-corrected chi connectivity index (χ0v) is 15.0. The minimum absolute atomic E-state index is 0.507. The van der Waals surface area contributed by atoms with Crippen LogP contribution in [0, 0.1) is 0 Å². The molecule has 0 amide bonds. The lowest BCUT2D eigenvalue weighted by molar-refractivity contribution is 0.331. The van der Waals surface area contributed by atoms with Gasteiger partial charge in [-0.15, -0.1) is 0 Å². The molecule has 0 atom stereocenters. The van der Waals surface area contributed by atoms with Crippen molar-refractivity contribution in [2.75, 3.05) is 30.9 Å². The van der Waals surface area contributed by atoms with E-state index in [2.05, 4.69) is 20.6 Å². The first-order chi connectivity index (χ1) is 12.7. The van der Waals surface area contributed by atoms with E-state index in [0.717, 1.165) is 17.2 Å². The predicted molar refractivity (Wildman–Crippen MR) is 104 cm³/mol. The molecular weight excluding hydrogens is 352 g/mol. The molecule has 0 fully saturated rings. The normalized spacial score (nSPS) is 10.2. The van der Waals surface area contributed by atoms with E-state index < -0.39 is 0 Å². The molecule has 2 N–H and O–H groups in total. The number of aromatic nitrogens is 2. The Balaban J connectivity index is 1.49. The minimum atomic E-state index is 0.507. The molecule has 134 valence electrons. The molecule has 3 aromatic rings. The molecule has 1 aromatic heterocycles. The lowest BCUT2D eigenvalue weighted by Gasteiger charge is -2.10. The van der Waals surface area contributed by atoms with Gasteiger partial charge < -0.3 is 20.1 Å². The predicted octanol–water partition coefficient (Wildman–Crippen LogP) is 4.37. The SMILES string of the molecule is COc1ccc(OCCNc2cc(Nc3cccc(Cl)c3)ncn2)cc1. The molecule has 0 saturated heterocycles. The van der Waals surface area contributed by atoms with Gasteiger partial charge in [-0.05, 0) is 42.5 Å². The second kappa shape index (κ2) is 8.92. The van der Waals surface area contributed by atoms with Crippen LogP contribution in [0.2, 0.25) is 5.02 Å². The maximum atomic E-state index is 5.99. The van der Waals surface area contributed by atoms with Crippen molar-refractivity contribution >= 4 is 28.9 Å². The third kappa shape index (κ3) is 5.26. The molecule has 3 rings (SSSR count). The first-order valence-corrected chi connectivity index (χ1v) is 8.46. The van der Waals surface area contributed by atoms with Crippen molar-refractivity contribution in [3.8, 4) is 11.5 Å². The van der Waals surface area contributed by atoms with Crippen molar-refractivity contribution in [3.05, 3.63) is 65.9 Å². The summed E-state index contributed by atoms with van der Waals surface area (Å²) in [6.07, 6.45) is 1.50. The van der Waals surface area contributed by atoms with Gasteiger partial charge in [0.05, 0.1) is 13.7 Å². The number of halogens is 1. The van der Waals surface area contributed by atoms with Gasteiger partial charge in [-0.25, -0.2) is 9.97 Å².